The number of nitrogens with two attached hydrogens (primary N) is 1. The van der Waals surface area contributed by atoms with Crippen LogP contribution < -0.4 is 15.2 Å². The Morgan fingerprint density at radius 3 is 2.35 bits per heavy atom. The number of rotatable bonds is 7. The Morgan fingerprint density at radius 2 is 1.80 bits per heavy atom. The van der Waals surface area contributed by atoms with Crippen LogP contribution in [0, 0.1) is 5.82 Å². The molecule has 1 aromatic carbocycles. The molecule has 20 heavy (non-hydrogen) atoms. The highest BCUT2D eigenvalue weighted by atomic mass is 32.2. The Hall–Kier alpha value is -1.23. The van der Waals surface area contributed by atoms with Gasteiger partial charge >= 0.3 is 0 Å². The third kappa shape index (κ3) is 5.04. The van der Waals surface area contributed by atoms with Gasteiger partial charge in [0.1, 0.15) is 5.82 Å². The summed E-state index contributed by atoms with van der Waals surface area (Å²) < 4.78 is 63.7. The fourth-order valence-electron chi connectivity index (χ4n) is 1.43. The first-order valence-electron chi connectivity index (χ1n) is 5.69. The first kappa shape index (κ1) is 16.8. The van der Waals surface area contributed by atoms with Gasteiger partial charge in [0.15, 0.2) is 0 Å². The molecule has 0 fully saturated rings. The van der Waals surface area contributed by atoms with E-state index in [1.807, 2.05) is 0 Å². The number of benzene rings is 1. The van der Waals surface area contributed by atoms with Crippen molar-refractivity contribution in [1.82, 2.24) is 9.44 Å². The van der Waals surface area contributed by atoms with Crippen LogP contribution >= 0.6 is 0 Å². The molecule has 4 N–H and O–H groups in total. The molecule has 0 heterocycles. The monoisotopic (exact) mass is 325 g/mol. The largest absolute Gasteiger partial charge is 0.399 e. The van der Waals surface area contributed by atoms with Gasteiger partial charge in [-0.25, -0.2) is 30.7 Å². The van der Waals surface area contributed by atoms with Crippen LogP contribution in [-0.2, 0) is 20.0 Å². The molecule has 7 nitrogen and oxygen atoms in total. The fourth-order valence-corrected chi connectivity index (χ4v) is 3.61. The second-order valence-electron chi connectivity index (χ2n) is 3.93. The van der Waals surface area contributed by atoms with Crippen molar-refractivity contribution in [3.63, 3.8) is 0 Å². The standard InChI is InChI=1S/C10H16FN3O4S2/c1-2-13-19(15,16)4-3-14-20(17,18)10-6-8(11)5-9(12)7-10/h5-7,13-14H,2-4,12H2,1H3. The molecule has 1 aromatic rings. The van der Waals surface area contributed by atoms with Crippen LogP contribution in [0.25, 0.3) is 0 Å². The van der Waals surface area contributed by atoms with Gasteiger partial charge in [-0.2, -0.15) is 0 Å². The lowest BCUT2D eigenvalue weighted by atomic mass is 10.3. The van der Waals surface area contributed by atoms with E-state index in [-0.39, 0.29) is 23.7 Å². The zero-order valence-electron chi connectivity index (χ0n) is 10.8. The van der Waals surface area contributed by atoms with Crippen molar-refractivity contribution >= 4 is 25.7 Å². The normalized spacial score (nSPS) is 12.5. The maximum Gasteiger partial charge on any atom is 0.240 e. The zero-order valence-corrected chi connectivity index (χ0v) is 12.4. The average molecular weight is 325 g/mol. The van der Waals surface area contributed by atoms with E-state index >= 15 is 0 Å². The summed E-state index contributed by atoms with van der Waals surface area (Å²) in [6, 6.07) is 2.87. The summed E-state index contributed by atoms with van der Waals surface area (Å²) in [5, 5.41) is 0. The van der Waals surface area contributed by atoms with E-state index in [9.17, 15) is 21.2 Å². The van der Waals surface area contributed by atoms with Crippen molar-refractivity contribution in [2.24, 2.45) is 0 Å². The summed E-state index contributed by atoms with van der Waals surface area (Å²) in [6.07, 6.45) is 0. The van der Waals surface area contributed by atoms with E-state index in [0.717, 1.165) is 18.2 Å². The Balaban J connectivity index is 2.76. The maximum absolute atomic E-state index is 13.1. The molecule has 0 aromatic heterocycles. The van der Waals surface area contributed by atoms with E-state index in [1.54, 1.807) is 6.92 Å². The van der Waals surface area contributed by atoms with Crippen LogP contribution in [0.4, 0.5) is 10.1 Å². The highest BCUT2D eigenvalue weighted by Crippen LogP contribution is 2.15. The van der Waals surface area contributed by atoms with Gasteiger partial charge in [-0.15, -0.1) is 0 Å². The summed E-state index contributed by atoms with van der Waals surface area (Å²) in [6.45, 7) is 1.50. The maximum atomic E-state index is 13.1. The lowest BCUT2D eigenvalue weighted by Gasteiger charge is -2.08. The number of nitrogens with one attached hydrogen (secondary N) is 2. The van der Waals surface area contributed by atoms with Crippen molar-refractivity contribution in [2.45, 2.75) is 11.8 Å². The number of anilines is 1. The molecule has 0 spiro atoms. The van der Waals surface area contributed by atoms with Crippen LogP contribution in [0.15, 0.2) is 23.1 Å². The molecule has 10 heteroatoms. The van der Waals surface area contributed by atoms with Crippen molar-refractivity contribution in [2.75, 3.05) is 24.6 Å². The Morgan fingerprint density at radius 1 is 1.15 bits per heavy atom. The van der Waals surface area contributed by atoms with E-state index in [2.05, 4.69) is 9.44 Å². The zero-order chi connectivity index (χ0) is 15.4. The molecule has 0 saturated heterocycles. The van der Waals surface area contributed by atoms with E-state index in [0.29, 0.717) is 0 Å². The molecular weight excluding hydrogens is 309 g/mol. The lowest BCUT2D eigenvalue weighted by molar-refractivity contribution is 0.574. The third-order valence-electron chi connectivity index (χ3n) is 2.23. The van der Waals surface area contributed by atoms with Crippen molar-refractivity contribution < 1.29 is 21.2 Å². The number of hydrogen-bond donors (Lipinski definition) is 3. The van der Waals surface area contributed by atoms with Crippen LogP contribution in [-0.4, -0.2) is 35.7 Å². The molecule has 1 rings (SSSR count). The highest BCUT2D eigenvalue weighted by Gasteiger charge is 2.17. The Bertz CT molecular complexity index is 653. The summed E-state index contributed by atoms with van der Waals surface area (Å²) in [5.41, 5.74) is 5.32. The van der Waals surface area contributed by atoms with Crippen LogP contribution in [0.3, 0.4) is 0 Å². The van der Waals surface area contributed by atoms with Gasteiger partial charge in [-0.1, -0.05) is 6.92 Å². The molecule has 0 aliphatic rings. The van der Waals surface area contributed by atoms with Gasteiger partial charge in [0.2, 0.25) is 20.0 Å². The van der Waals surface area contributed by atoms with Crippen LogP contribution in [0.5, 0.6) is 0 Å². The van der Waals surface area contributed by atoms with E-state index in [1.165, 1.54) is 0 Å². The predicted molar refractivity (Wildman–Crippen MR) is 73.5 cm³/mol. The molecule has 0 bridgehead atoms. The second kappa shape index (κ2) is 6.48. The van der Waals surface area contributed by atoms with Gasteiger partial charge in [-0.3, -0.25) is 0 Å². The second-order valence-corrected chi connectivity index (χ2v) is 7.63. The lowest BCUT2D eigenvalue weighted by Crippen LogP contribution is -2.34. The SMILES string of the molecule is CCNS(=O)(=O)CCNS(=O)(=O)c1cc(N)cc(F)c1. The van der Waals surface area contributed by atoms with Gasteiger partial charge in [0, 0.05) is 18.8 Å². The van der Waals surface area contributed by atoms with Crippen LogP contribution in [0.1, 0.15) is 6.92 Å². The summed E-state index contributed by atoms with van der Waals surface area (Å²) in [4.78, 5) is -0.351. The number of sulfonamides is 2. The highest BCUT2D eigenvalue weighted by molar-refractivity contribution is 7.90. The fraction of sp³-hybridized carbons (Fsp3) is 0.400. The van der Waals surface area contributed by atoms with Gasteiger partial charge in [0.05, 0.1) is 10.6 Å². The molecule has 0 amide bonds. The Kier molecular flexibility index (Phi) is 5.45. The molecule has 0 aliphatic heterocycles. The van der Waals surface area contributed by atoms with Crippen molar-refractivity contribution in [3.8, 4) is 0 Å². The number of halogens is 1. The molecule has 0 aliphatic carbocycles. The van der Waals surface area contributed by atoms with Gasteiger partial charge in [-0.05, 0) is 18.2 Å². The molecule has 0 saturated carbocycles. The topological polar surface area (TPSA) is 118 Å². The van der Waals surface area contributed by atoms with Crippen molar-refractivity contribution in [3.05, 3.63) is 24.0 Å². The van der Waals surface area contributed by atoms with Gasteiger partial charge in [0.25, 0.3) is 0 Å². The smallest absolute Gasteiger partial charge is 0.240 e. The molecule has 0 radical (unpaired) electrons. The van der Waals surface area contributed by atoms with Crippen molar-refractivity contribution in [1.29, 1.82) is 0 Å². The van der Waals surface area contributed by atoms with E-state index < -0.39 is 31.6 Å². The molecule has 114 valence electrons. The first-order chi connectivity index (χ1) is 9.16. The van der Waals surface area contributed by atoms with Gasteiger partial charge < -0.3 is 5.73 Å². The summed E-state index contributed by atoms with van der Waals surface area (Å²) >= 11 is 0. The number of nitrogen functional groups attached to an aromatic ring is 1. The quantitative estimate of drug-likeness (QED) is 0.591. The third-order valence-corrected chi connectivity index (χ3v) is 5.14. The average Bonchev–Trinajstić information content (AvgIpc) is 2.26. The summed E-state index contributed by atoms with van der Waals surface area (Å²) in [5.74, 6) is -1.20. The first-order valence-corrected chi connectivity index (χ1v) is 8.83. The number of hydrogen-bond acceptors (Lipinski definition) is 5. The van der Waals surface area contributed by atoms with Crippen LogP contribution in [0.2, 0.25) is 0 Å². The minimum absolute atomic E-state index is 0.0364. The minimum atomic E-state index is -4.00. The molecule has 0 unspecified atom stereocenters. The summed E-state index contributed by atoms with van der Waals surface area (Å²) in [7, 11) is -7.53. The minimum Gasteiger partial charge on any atom is -0.399 e. The predicted octanol–water partition coefficient (Wildman–Crippen LogP) is -0.374. The van der Waals surface area contributed by atoms with E-state index in [4.69, 9.17) is 5.73 Å². The molecule has 0 atom stereocenters. The molecular formula is C10H16FN3O4S2. The Labute approximate surface area is 117 Å².